The molecule has 1 saturated heterocycles. The van der Waals surface area contributed by atoms with Gasteiger partial charge in [0.05, 0.1) is 12.5 Å². The van der Waals surface area contributed by atoms with E-state index in [4.69, 9.17) is 13.9 Å². The largest absolute Gasteiger partial charge is 0.466 e. The topological polar surface area (TPSA) is 69.0 Å². The third kappa shape index (κ3) is 3.85. The highest BCUT2D eigenvalue weighted by Gasteiger charge is 2.29. The van der Waals surface area contributed by atoms with E-state index in [9.17, 15) is 9.59 Å². The molecule has 116 valence electrons. The highest BCUT2D eigenvalue weighted by atomic mass is 16.5. The van der Waals surface area contributed by atoms with Gasteiger partial charge in [0.2, 0.25) is 0 Å². The van der Waals surface area contributed by atoms with Crippen molar-refractivity contribution in [3.8, 4) is 0 Å². The molecule has 21 heavy (non-hydrogen) atoms. The van der Waals surface area contributed by atoms with Crippen molar-refractivity contribution in [2.24, 2.45) is 5.92 Å². The van der Waals surface area contributed by atoms with Crippen molar-refractivity contribution in [1.29, 1.82) is 0 Å². The standard InChI is InChI=1S/C15H21NO5/c1-3-20-15(18)11-6-8-16(9-7-11)14(17)13-5-4-12(21-13)10-19-2/h4-5,11H,3,6-10H2,1-2H3. The summed E-state index contributed by atoms with van der Waals surface area (Å²) < 4.78 is 15.4. The number of furan rings is 1. The van der Waals surface area contributed by atoms with E-state index in [1.807, 2.05) is 0 Å². The van der Waals surface area contributed by atoms with Crippen LogP contribution in [-0.4, -0.2) is 43.6 Å². The molecule has 1 aromatic heterocycles. The van der Waals surface area contributed by atoms with Crippen molar-refractivity contribution in [2.75, 3.05) is 26.8 Å². The summed E-state index contributed by atoms with van der Waals surface area (Å²) in [6.45, 7) is 3.63. The van der Waals surface area contributed by atoms with E-state index < -0.39 is 0 Å². The minimum absolute atomic E-state index is 0.102. The first-order valence-corrected chi connectivity index (χ1v) is 7.19. The molecule has 0 atom stereocenters. The Bertz CT molecular complexity index is 488. The summed E-state index contributed by atoms with van der Waals surface area (Å²) >= 11 is 0. The minimum Gasteiger partial charge on any atom is -0.466 e. The van der Waals surface area contributed by atoms with Crippen LogP contribution in [0.3, 0.4) is 0 Å². The molecule has 0 radical (unpaired) electrons. The number of amides is 1. The van der Waals surface area contributed by atoms with Crippen molar-refractivity contribution in [1.82, 2.24) is 4.90 Å². The van der Waals surface area contributed by atoms with Crippen LogP contribution in [0.1, 0.15) is 36.1 Å². The van der Waals surface area contributed by atoms with Crippen molar-refractivity contribution in [3.05, 3.63) is 23.7 Å². The van der Waals surface area contributed by atoms with E-state index in [0.717, 1.165) is 0 Å². The predicted octanol–water partition coefficient (Wildman–Crippen LogP) is 1.84. The summed E-state index contributed by atoms with van der Waals surface area (Å²) in [4.78, 5) is 25.7. The van der Waals surface area contributed by atoms with Crippen molar-refractivity contribution >= 4 is 11.9 Å². The second kappa shape index (κ2) is 7.26. The smallest absolute Gasteiger partial charge is 0.309 e. The Morgan fingerprint density at radius 1 is 1.33 bits per heavy atom. The lowest BCUT2D eigenvalue weighted by molar-refractivity contribution is -0.149. The van der Waals surface area contributed by atoms with Gasteiger partial charge in [-0.25, -0.2) is 0 Å². The van der Waals surface area contributed by atoms with Crippen LogP contribution < -0.4 is 0 Å². The summed E-state index contributed by atoms with van der Waals surface area (Å²) in [5.74, 6) is 0.540. The predicted molar refractivity (Wildman–Crippen MR) is 74.7 cm³/mol. The number of ether oxygens (including phenoxy) is 2. The maximum Gasteiger partial charge on any atom is 0.309 e. The Labute approximate surface area is 124 Å². The first-order chi connectivity index (χ1) is 10.2. The molecular formula is C15H21NO5. The fraction of sp³-hybridized carbons (Fsp3) is 0.600. The number of rotatable bonds is 5. The van der Waals surface area contributed by atoms with Gasteiger partial charge in [0.25, 0.3) is 5.91 Å². The van der Waals surface area contributed by atoms with Crippen LogP contribution in [0.25, 0.3) is 0 Å². The van der Waals surface area contributed by atoms with E-state index in [1.165, 1.54) is 0 Å². The van der Waals surface area contributed by atoms with Gasteiger partial charge in [-0.05, 0) is 31.9 Å². The fourth-order valence-corrected chi connectivity index (χ4v) is 2.45. The monoisotopic (exact) mass is 295 g/mol. The van der Waals surface area contributed by atoms with Crippen molar-refractivity contribution in [3.63, 3.8) is 0 Å². The number of carbonyl (C=O) groups excluding carboxylic acids is 2. The zero-order chi connectivity index (χ0) is 15.2. The molecule has 6 heteroatoms. The highest BCUT2D eigenvalue weighted by Crippen LogP contribution is 2.21. The Balaban J connectivity index is 1.89. The number of nitrogens with zero attached hydrogens (tertiary/aromatic N) is 1. The molecule has 0 aliphatic carbocycles. The molecule has 0 aromatic carbocycles. The Hall–Kier alpha value is -1.82. The first-order valence-electron chi connectivity index (χ1n) is 7.19. The summed E-state index contributed by atoms with van der Waals surface area (Å²) in [6.07, 6.45) is 1.27. The van der Waals surface area contributed by atoms with Crippen LogP contribution in [0.5, 0.6) is 0 Å². The van der Waals surface area contributed by atoms with Gasteiger partial charge in [-0.3, -0.25) is 9.59 Å². The number of hydrogen-bond donors (Lipinski definition) is 0. The Morgan fingerprint density at radius 2 is 2.05 bits per heavy atom. The molecule has 1 aliphatic rings. The van der Waals surface area contributed by atoms with E-state index in [2.05, 4.69) is 0 Å². The normalized spacial score (nSPS) is 16.0. The van der Waals surface area contributed by atoms with Gasteiger partial charge in [-0.2, -0.15) is 0 Å². The number of piperidine rings is 1. The van der Waals surface area contributed by atoms with Crippen LogP contribution in [-0.2, 0) is 20.9 Å². The Kier molecular flexibility index (Phi) is 5.38. The SMILES string of the molecule is CCOC(=O)C1CCN(C(=O)c2ccc(COC)o2)CC1. The summed E-state index contributed by atoms with van der Waals surface area (Å²) in [6, 6.07) is 3.40. The van der Waals surface area contributed by atoms with Gasteiger partial charge in [0.15, 0.2) is 5.76 Å². The maximum absolute atomic E-state index is 12.3. The average molecular weight is 295 g/mol. The molecule has 1 amide bonds. The first kappa shape index (κ1) is 15.6. The fourth-order valence-electron chi connectivity index (χ4n) is 2.45. The number of carbonyl (C=O) groups is 2. The van der Waals surface area contributed by atoms with Crippen LogP contribution >= 0.6 is 0 Å². The highest BCUT2D eigenvalue weighted by molar-refractivity contribution is 5.91. The summed E-state index contributed by atoms with van der Waals surface area (Å²) in [5.41, 5.74) is 0. The molecule has 0 bridgehead atoms. The van der Waals surface area contributed by atoms with Crippen LogP contribution in [0, 0.1) is 5.92 Å². The average Bonchev–Trinajstić information content (AvgIpc) is 2.96. The molecule has 0 N–H and O–H groups in total. The van der Waals surface area contributed by atoms with Crippen molar-refractivity contribution in [2.45, 2.75) is 26.4 Å². The van der Waals surface area contributed by atoms with Gasteiger partial charge in [-0.1, -0.05) is 0 Å². The van der Waals surface area contributed by atoms with E-state index in [1.54, 1.807) is 31.1 Å². The second-order valence-corrected chi connectivity index (χ2v) is 5.02. The van der Waals surface area contributed by atoms with Gasteiger partial charge in [0.1, 0.15) is 12.4 Å². The Morgan fingerprint density at radius 3 is 2.67 bits per heavy atom. The van der Waals surface area contributed by atoms with Gasteiger partial charge in [0, 0.05) is 20.2 Å². The van der Waals surface area contributed by atoms with E-state index in [0.29, 0.717) is 50.7 Å². The number of methoxy groups -OCH3 is 1. The molecular weight excluding hydrogens is 274 g/mol. The number of likely N-dealkylation sites (tertiary alicyclic amines) is 1. The lowest BCUT2D eigenvalue weighted by Gasteiger charge is -2.30. The molecule has 1 aliphatic heterocycles. The molecule has 0 unspecified atom stereocenters. The van der Waals surface area contributed by atoms with E-state index in [-0.39, 0.29) is 17.8 Å². The number of esters is 1. The van der Waals surface area contributed by atoms with E-state index >= 15 is 0 Å². The summed E-state index contributed by atoms with van der Waals surface area (Å²) in [5, 5.41) is 0. The van der Waals surface area contributed by atoms with Crippen LogP contribution in [0.2, 0.25) is 0 Å². The zero-order valence-electron chi connectivity index (χ0n) is 12.5. The molecule has 1 aromatic rings. The van der Waals surface area contributed by atoms with Gasteiger partial charge in [-0.15, -0.1) is 0 Å². The quantitative estimate of drug-likeness (QED) is 0.775. The van der Waals surface area contributed by atoms with Gasteiger partial charge < -0.3 is 18.8 Å². The summed E-state index contributed by atoms with van der Waals surface area (Å²) in [7, 11) is 1.57. The van der Waals surface area contributed by atoms with Crippen LogP contribution in [0.15, 0.2) is 16.5 Å². The van der Waals surface area contributed by atoms with Gasteiger partial charge >= 0.3 is 5.97 Å². The number of hydrogen-bond acceptors (Lipinski definition) is 5. The van der Waals surface area contributed by atoms with Crippen LogP contribution in [0.4, 0.5) is 0 Å². The lowest BCUT2D eigenvalue weighted by atomic mass is 9.97. The molecule has 6 nitrogen and oxygen atoms in total. The third-order valence-electron chi connectivity index (χ3n) is 3.56. The molecule has 2 heterocycles. The minimum atomic E-state index is -0.162. The molecule has 2 rings (SSSR count). The zero-order valence-corrected chi connectivity index (χ0v) is 12.5. The molecule has 0 saturated carbocycles. The molecule has 0 spiro atoms. The second-order valence-electron chi connectivity index (χ2n) is 5.02. The maximum atomic E-state index is 12.3. The third-order valence-corrected chi connectivity index (χ3v) is 3.56. The lowest BCUT2D eigenvalue weighted by Crippen LogP contribution is -2.40. The molecule has 1 fully saturated rings. The van der Waals surface area contributed by atoms with Crippen molar-refractivity contribution < 1.29 is 23.5 Å².